The second-order valence-corrected chi connectivity index (χ2v) is 9.55. The van der Waals surface area contributed by atoms with Crippen LogP contribution in [-0.2, 0) is 22.8 Å². The number of aryl methyl sites for hydroxylation is 1. The van der Waals surface area contributed by atoms with Crippen molar-refractivity contribution in [3.8, 4) is 0 Å². The third-order valence-corrected chi connectivity index (χ3v) is 6.21. The van der Waals surface area contributed by atoms with Crippen LogP contribution in [0.25, 0.3) is 0 Å². The van der Waals surface area contributed by atoms with Crippen LogP contribution in [-0.4, -0.2) is 27.2 Å². The maximum absolute atomic E-state index is 11.8. The summed E-state index contributed by atoms with van der Waals surface area (Å²) in [4.78, 5) is 5.08. The van der Waals surface area contributed by atoms with Crippen LogP contribution in [0.1, 0.15) is 35.4 Å². The maximum Gasteiger partial charge on any atom is 0.192 e. The lowest BCUT2D eigenvalue weighted by molar-refractivity contribution is 0.506. The molecule has 0 bridgehead atoms. The van der Waals surface area contributed by atoms with E-state index >= 15 is 0 Å². The molecule has 0 amide bonds. The van der Waals surface area contributed by atoms with E-state index in [-0.39, 0.29) is 30.0 Å². The Labute approximate surface area is 207 Å². The summed E-state index contributed by atoms with van der Waals surface area (Å²) in [6.07, 6.45) is 3.64. The van der Waals surface area contributed by atoms with Gasteiger partial charge in [0.15, 0.2) is 15.8 Å². The summed E-state index contributed by atoms with van der Waals surface area (Å²) < 4.78 is 29.1. The molecule has 0 radical (unpaired) electrons. The Bertz CT molecular complexity index is 1110. The molecule has 0 saturated carbocycles. The quantitative estimate of drug-likeness (QED) is 0.235. The van der Waals surface area contributed by atoms with Gasteiger partial charge in [-0.2, -0.15) is 0 Å². The molecule has 6 nitrogen and oxygen atoms in total. The highest BCUT2D eigenvalue weighted by Crippen LogP contribution is 2.17. The molecule has 32 heavy (non-hydrogen) atoms. The number of halogens is 1. The molecule has 3 aromatic rings. The summed E-state index contributed by atoms with van der Waals surface area (Å²) in [5, 5.41) is 6.81. The van der Waals surface area contributed by atoms with Crippen molar-refractivity contribution in [1.82, 2.24) is 10.6 Å². The van der Waals surface area contributed by atoms with Gasteiger partial charge in [0.25, 0.3) is 0 Å². The van der Waals surface area contributed by atoms with E-state index in [0.29, 0.717) is 23.9 Å². The molecule has 172 valence electrons. The Hall–Kier alpha value is -2.33. The third kappa shape index (κ3) is 7.67. The van der Waals surface area contributed by atoms with Crippen LogP contribution < -0.4 is 10.6 Å². The zero-order chi connectivity index (χ0) is 22.3. The van der Waals surface area contributed by atoms with Crippen LogP contribution in [0.3, 0.4) is 0 Å². The van der Waals surface area contributed by atoms with Gasteiger partial charge in [-0.3, -0.25) is 0 Å². The first kappa shape index (κ1) is 25.9. The van der Waals surface area contributed by atoms with E-state index in [2.05, 4.69) is 29.7 Å². The normalized spacial score (nSPS) is 12.7. The molecule has 2 aromatic carbocycles. The number of sulfone groups is 1. The van der Waals surface area contributed by atoms with Crippen LogP contribution in [0, 0.1) is 6.92 Å². The van der Waals surface area contributed by atoms with Crippen LogP contribution >= 0.6 is 24.0 Å². The SMILES string of the molecule is Cc1cc(CN=C(NCCc2ccco2)NC(C)c2ccccc2)ccc1S(C)(=O)=O.I. The second kappa shape index (κ2) is 12.1. The smallest absolute Gasteiger partial charge is 0.192 e. The van der Waals surface area contributed by atoms with Gasteiger partial charge < -0.3 is 15.1 Å². The molecule has 1 aromatic heterocycles. The van der Waals surface area contributed by atoms with Gasteiger partial charge in [-0.25, -0.2) is 13.4 Å². The minimum Gasteiger partial charge on any atom is -0.469 e. The number of guanidine groups is 1. The van der Waals surface area contributed by atoms with E-state index < -0.39 is 9.84 Å². The fourth-order valence-corrected chi connectivity index (χ4v) is 4.30. The topological polar surface area (TPSA) is 83.7 Å². The van der Waals surface area contributed by atoms with Crippen molar-refractivity contribution in [2.75, 3.05) is 12.8 Å². The van der Waals surface area contributed by atoms with Crippen molar-refractivity contribution in [1.29, 1.82) is 0 Å². The Morgan fingerprint density at radius 1 is 1.09 bits per heavy atom. The molecular formula is C24H30IN3O3S. The van der Waals surface area contributed by atoms with Gasteiger partial charge in [0.2, 0.25) is 0 Å². The zero-order valence-corrected chi connectivity index (χ0v) is 21.7. The lowest BCUT2D eigenvalue weighted by atomic mass is 10.1. The van der Waals surface area contributed by atoms with E-state index in [0.717, 1.165) is 28.9 Å². The van der Waals surface area contributed by atoms with Crippen LogP contribution in [0.15, 0.2) is 81.2 Å². The van der Waals surface area contributed by atoms with Crippen molar-refractivity contribution in [2.24, 2.45) is 4.99 Å². The lowest BCUT2D eigenvalue weighted by Gasteiger charge is -2.19. The van der Waals surface area contributed by atoms with E-state index in [4.69, 9.17) is 9.41 Å². The average molecular weight is 567 g/mol. The molecule has 1 heterocycles. The molecule has 0 saturated heterocycles. The average Bonchev–Trinajstić information content (AvgIpc) is 3.25. The van der Waals surface area contributed by atoms with E-state index in [1.165, 1.54) is 6.26 Å². The van der Waals surface area contributed by atoms with Gasteiger partial charge in [-0.05, 0) is 48.7 Å². The first-order valence-electron chi connectivity index (χ1n) is 10.2. The van der Waals surface area contributed by atoms with E-state index in [1.54, 1.807) is 12.3 Å². The number of rotatable bonds is 8. The fraction of sp³-hybridized carbons (Fsp3) is 0.292. The molecular weight excluding hydrogens is 537 g/mol. The highest BCUT2D eigenvalue weighted by atomic mass is 127. The number of nitrogens with one attached hydrogen (secondary N) is 2. The summed E-state index contributed by atoms with van der Waals surface area (Å²) in [6, 6.07) is 19.4. The number of hydrogen-bond acceptors (Lipinski definition) is 4. The standard InChI is InChI=1S/C24H29N3O3S.HI/c1-18-16-20(11-12-23(18)31(3,28)29)17-26-24(25-14-13-22-10-7-15-30-22)27-19(2)21-8-5-4-6-9-21;/h4-12,15-16,19H,13-14,17H2,1-3H3,(H2,25,26,27);1H. The third-order valence-electron chi connectivity index (χ3n) is 4.96. The molecule has 8 heteroatoms. The Kier molecular flexibility index (Phi) is 9.77. The molecule has 0 aliphatic carbocycles. The number of aliphatic imine (C=N–C) groups is 1. The van der Waals surface area contributed by atoms with Gasteiger partial charge in [-0.15, -0.1) is 24.0 Å². The van der Waals surface area contributed by atoms with Crippen molar-refractivity contribution in [3.05, 3.63) is 89.4 Å². The minimum atomic E-state index is -3.23. The van der Waals surface area contributed by atoms with E-state index in [9.17, 15) is 8.42 Å². The number of nitrogens with zero attached hydrogens (tertiary/aromatic N) is 1. The van der Waals surface area contributed by atoms with Gasteiger partial charge in [0.05, 0.1) is 23.7 Å². The highest BCUT2D eigenvalue weighted by molar-refractivity contribution is 14.0. The summed E-state index contributed by atoms with van der Waals surface area (Å²) in [5.74, 6) is 1.60. The predicted octanol–water partition coefficient (Wildman–Crippen LogP) is 4.65. The summed E-state index contributed by atoms with van der Waals surface area (Å²) >= 11 is 0. The number of benzene rings is 2. The lowest BCUT2D eigenvalue weighted by Crippen LogP contribution is -2.39. The van der Waals surface area contributed by atoms with Crippen LogP contribution in [0.5, 0.6) is 0 Å². The molecule has 2 N–H and O–H groups in total. The molecule has 1 atom stereocenters. The Morgan fingerprint density at radius 3 is 2.47 bits per heavy atom. The van der Waals surface area contributed by atoms with Crippen LogP contribution in [0.2, 0.25) is 0 Å². The number of hydrogen-bond donors (Lipinski definition) is 2. The molecule has 3 rings (SSSR count). The van der Waals surface area contributed by atoms with Gasteiger partial charge in [0, 0.05) is 19.2 Å². The van der Waals surface area contributed by atoms with Gasteiger partial charge in [0.1, 0.15) is 5.76 Å². The van der Waals surface area contributed by atoms with Crippen molar-refractivity contribution in [3.63, 3.8) is 0 Å². The second-order valence-electron chi connectivity index (χ2n) is 7.57. The Morgan fingerprint density at radius 2 is 1.84 bits per heavy atom. The molecule has 0 aliphatic rings. The highest BCUT2D eigenvalue weighted by Gasteiger charge is 2.11. The van der Waals surface area contributed by atoms with Gasteiger partial charge >= 0.3 is 0 Å². The minimum absolute atomic E-state index is 0. The zero-order valence-electron chi connectivity index (χ0n) is 18.5. The van der Waals surface area contributed by atoms with Crippen molar-refractivity contribution >= 4 is 39.8 Å². The van der Waals surface area contributed by atoms with E-state index in [1.807, 2.05) is 49.4 Å². The maximum atomic E-state index is 11.8. The van der Waals surface area contributed by atoms with Gasteiger partial charge in [-0.1, -0.05) is 42.5 Å². The summed E-state index contributed by atoms with van der Waals surface area (Å²) in [5.41, 5.74) is 2.84. The largest absolute Gasteiger partial charge is 0.469 e. The fourth-order valence-electron chi connectivity index (χ4n) is 3.34. The number of furan rings is 1. The Balaban J connectivity index is 0.00000363. The van der Waals surface area contributed by atoms with Crippen molar-refractivity contribution in [2.45, 2.75) is 37.8 Å². The predicted molar refractivity (Wildman–Crippen MR) is 139 cm³/mol. The van der Waals surface area contributed by atoms with Crippen LogP contribution in [0.4, 0.5) is 0 Å². The molecule has 0 aliphatic heterocycles. The monoisotopic (exact) mass is 567 g/mol. The first-order chi connectivity index (χ1) is 14.8. The molecule has 0 fully saturated rings. The summed E-state index contributed by atoms with van der Waals surface area (Å²) in [7, 11) is -3.23. The first-order valence-corrected chi connectivity index (χ1v) is 12.1. The molecule has 1 unspecified atom stereocenters. The summed E-state index contributed by atoms with van der Waals surface area (Å²) in [6.45, 7) is 5.00. The molecule has 0 spiro atoms. The van der Waals surface area contributed by atoms with Crippen molar-refractivity contribution < 1.29 is 12.8 Å².